The summed E-state index contributed by atoms with van der Waals surface area (Å²) in [7, 11) is 0. The number of pyridine rings is 1. The van der Waals surface area contributed by atoms with Gasteiger partial charge in [-0.15, -0.1) is 0 Å². The second kappa shape index (κ2) is 6.13. The van der Waals surface area contributed by atoms with Crippen LogP contribution in [-0.2, 0) is 4.79 Å². The normalized spacial score (nSPS) is 9.79. The average Bonchev–Trinajstić information content (AvgIpc) is 2.20. The minimum absolute atomic E-state index is 0.0529. The highest BCUT2D eigenvalue weighted by molar-refractivity contribution is 5.89. The number of nitrogens with one attached hydrogen (secondary N) is 1. The third-order valence-electron chi connectivity index (χ3n) is 1.94. The van der Waals surface area contributed by atoms with Crippen LogP contribution in [0.1, 0.15) is 32.6 Å². The molecule has 0 fully saturated rings. The van der Waals surface area contributed by atoms with Crippen LogP contribution in [0.3, 0.4) is 0 Å². The molecule has 0 aromatic carbocycles. The Morgan fingerprint density at radius 3 is 2.93 bits per heavy atom. The first-order valence-corrected chi connectivity index (χ1v) is 5.04. The van der Waals surface area contributed by atoms with E-state index in [4.69, 9.17) is 0 Å². The van der Waals surface area contributed by atoms with E-state index >= 15 is 0 Å². The molecular weight excluding hydrogens is 176 g/mol. The van der Waals surface area contributed by atoms with E-state index in [-0.39, 0.29) is 5.91 Å². The van der Waals surface area contributed by atoms with Crippen LogP contribution in [0, 0.1) is 0 Å². The molecule has 0 spiro atoms. The van der Waals surface area contributed by atoms with Gasteiger partial charge >= 0.3 is 0 Å². The van der Waals surface area contributed by atoms with Crippen LogP contribution in [0.25, 0.3) is 0 Å². The highest BCUT2D eigenvalue weighted by Crippen LogP contribution is 2.03. The van der Waals surface area contributed by atoms with Crippen molar-refractivity contribution in [3.8, 4) is 0 Å². The third-order valence-corrected chi connectivity index (χ3v) is 1.94. The third kappa shape index (κ3) is 4.03. The van der Waals surface area contributed by atoms with E-state index in [1.165, 1.54) is 0 Å². The number of hydrogen-bond acceptors (Lipinski definition) is 2. The van der Waals surface area contributed by atoms with Crippen molar-refractivity contribution in [2.45, 2.75) is 32.6 Å². The van der Waals surface area contributed by atoms with Crippen LogP contribution >= 0.6 is 0 Å². The average molecular weight is 192 g/mol. The maximum Gasteiger partial charge on any atom is 0.225 e. The van der Waals surface area contributed by atoms with Crippen LogP contribution in [0.15, 0.2) is 24.4 Å². The maximum absolute atomic E-state index is 11.3. The predicted octanol–water partition coefficient (Wildman–Crippen LogP) is 2.60. The van der Waals surface area contributed by atoms with E-state index < -0.39 is 0 Å². The van der Waals surface area contributed by atoms with Gasteiger partial charge in [-0.3, -0.25) is 4.79 Å². The summed E-state index contributed by atoms with van der Waals surface area (Å²) in [6.45, 7) is 2.12. The molecule has 3 heteroatoms. The molecule has 1 heterocycles. The van der Waals surface area contributed by atoms with E-state index in [2.05, 4.69) is 17.2 Å². The van der Waals surface area contributed by atoms with E-state index in [9.17, 15) is 4.79 Å². The first kappa shape index (κ1) is 10.7. The summed E-state index contributed by atoms with van der Waals surface area (Å²) in [5.74, 6) is 0.686. The zero-order valence-corrected chi connectivity index (χ0v) is 8.49. The van der Waals surface area contributed by atoms with Gasteiger partial charge in [-0.1, -0.05) is 25.8 Å². The van der Waals surface area contributed by atoms with E-state index in [1.54, 1.807) is 12.3 Å². The molecule has 0 aliphatic rings. The number of carbonyl (C=O) groups excluding carboxylic acids is 1. The predicted molar refractivity (Wildman–Crippen MR) is 57.0 cm³/mol. The molecule has 1 amide bonds. The van der Waals surface area contributed by atoms with Gasteiger partial charge in [-0.05, 0) is 18.6 Å². The zero-order chi connectivity index (χ0) is 10.2. The lowest BCUT2D eigenvalue weighted by Gasteiger charge is -2.02. The standard InChI is InChI=1S/C11H16N2O/c1-2-3-4-8-11(14)13-10-7-5-6-9-12-10/h5-7,9H,2-4,8H2,1H3,(H,12,13,14). The van der Waals surface area contributed by atoms with Crippen LogP contribution < -0.4 is 5.32 Å². The number of rotatable bonds is 5. The Morgan fingerprint density at radius 2 is 2.29 bits per heavy atom. The summed E-state index contributed by atoms with van der Waals surface area (Å²) < 4.78 is 0. The molecule has 1 aromatic rings. The van der Waals surface area contributed by atoms with Crippen LogP contribution in [0.4, 0.5) is 5.82 Å². The smallest absolute Gasteiger partial charge is 0.225 e. The number of hydrogen-bond donors (Lipinski definition) is 1. The summed E-state index contributed by atoms with van der Waals surface area (Å²) >= 11 is 0. The van der Waals surface area contributed by atoms with Gasteiger partial charge in [0.25, 0.3) is 0 Å². The molecule has 0 atom stereocenters. The Bertz CT molecular complexity index is 272. The monoisotopic (exact) mass is 192 g/mol. The van der Waals surface area contributed by atoms with Gasteiger partial charge in [0.15, 0.2) is 0 Å². The Labute approximate surface area is 84.6 Å². The van der Waals surface area contributed by atoms with Gasteiger partial charge in [-0.25, -0.2) is 4.98 Å². The lowest BCUT2D eigenvalue weighted by atomic mass is 10.2. The summed E-state index contributed by atoms with van der Waals surface area (Å²) in [5.41, 5.74) is 0. The quantitative estimate of drug-likeness (QED) is 0.728. The molecule has 0 bridgehead atoms. The molecule has 0 radical (unpaired) electrons. The van der Waals surface area contributed by atoms with Crippen molar-refractivity contribution in [3.63, 3.8) is 0 Å². The summed E-state index contributed by atoms with van der Waals surface area (Å²) in [6, 6.07) is 5.47. The van der Waals surface area contributed by atoms with Crippen molar-refractivity contribution in [3.05, 3.63) is 24.4 Å². The van der Waals surface area contributed by atoms with Gasteiger partial charge in [-0.2, -0.15) is 0 Å². The van der Waals surface area contributed by atoms with Gasteiger partial charge in [0.1, 0.15) is 5.82 Å². The number of nitrogens with zero attached hydrogens (tertiary/aromatic N) is 1. The van der Waals surface area contributed by atoms with Gasteiger partial charge in [0, 0.05) is 12.6 Å². The van der Waals surface area contributed by atoms with Crippen molar-refractivity contribution in [2.24, 2.45) is 0 Å². The fourth-order valence-electron chi connectivity index (χ4n) is 1.18. The fourth-order valence-corrected chi connectivity index (χ4v) is 1.18. The molecule has 0 aliphatic carbocycles. The van der Waals surface area contributed by atoms with E-state index in [0.717, 1.165) is 19.3 Å². The second-order valence-corrected chi connectivity index (χ2v) is 3.22. The molecule has 0 saturated carbocycles. The molecule has 14 heavy (non-hydrogen) atoms. The van der Waals surface area contributed by atoms with Crippen molar-refractivity contribution in [1.29, 1.82) is 0 Å². The lowest BCUT2D eigenvalue weighted by Crippen LogP contribution is -2.11. The molecule has 3 nitrogen and oxygen atoms in total. The number of carbonyl (C=O) groups is 1. The molecule has 76 valence electrons. The Balaban J connectivity index is 2.27. The van der Waals surface area contributed by atoms with Crippen molar-refractivity contribution in [2.75, 3.05) is 5.32 Å². The highest BCUT2D eigenvalue weighted by atomic mass is 16.1. The molecule has 1 aromatic heterocycles. The summed E-state index contributed by atoms with van der Waals surface area (Å²) in [6.07, 6.45) is 5.45. The molecule has 0 unspecified atom stereocenters. The topological polar surface area (TPSA) is 42.0 Å². The van der Waals surface area contributed by atoms with Crippen LogP contribution in [-0.4, -0.2) is 10.9 Å². The molecule has 0 saturated heterocycles. The minimum Gasteiger partial charge on any atom is -0.311 e. The largest absolute Gasteiger partial charge is 0.311 e. The molecule has 0 aliphatic heterocycles. The van der Waals surface area contributed by atoms with Gasteiger partial charge in [0.2, 0.25) is 5.91 Å². The Hall–Kier alpha value is -1.38. The molecule has 1 N–H and O–H groups in total. The lowest BCUT2D eigenvalue weighted by molar-refractivity contribution is -0.116. The number of aromatic nitrogens is 1. The number of unbranched alkanes of at least 4 members (excludes halogenated alkanes) is 2. The van der Waals surface area contributed by atoms with Gasteiger partial charge < -0.3 is 5.32 Å². The maximum atomic E-state index is 11.3. The van der Waals surface area contributed by atoms with Gasteiger partial charge in [0.05, 0.1) is 0 Å². The van der Waals surface area contributed by atoms with E-state index in [0.29, 0.717) is 12.2 Å². The second-order valence-electron chi connectivity index (χ2n) is 3.22. The summed E-state index contributed by atoms with van der Waals surface area (Å²) in [4.78, 5) is 15.4. The minimum atomic E-state index is 0.0529. The first-order chi connectivity index (χ1) is 6.83. The Morgan fingerprint density at radius 1 is 1.43 bits per heavy atom. The van der Waals surface area contributed by atoms with Crippen molar-refractivity contribution in [1.82, 2.24) is 4.98 Å². The molecule has 1 rings (SSSR count). The first-order valence-electron chi connectivity index (χ1n) is 5.04. The van der Waals surface area contributed by atoms with Crippen molar-refractivity contribution >= 4 is 11.7 Å². The fraction of sp³-hybridized carbons (Fsp3) is 0.455. The summed E-state index contributed by atoms with van der Waals surface area (Å²) in [5, 5.41) is 2.75. The van der Waals surface area contributed by atoms with Crippen LogP contribution in [0.2, 0.25) is 0 Å². The number of anilines is 1. The number of amides is 1. The van der Waals surface area contributed by atoms with E-state index in [1.807, 2.05) is 12.1 Å². The SMILES string of the molecule is CCCCCC(=O)Nc1ccccn1. The van der Waals surface area contributed by atoms with Crippen molar-refractivity contribution < 1.29 is 4.79 Å². The highest BCUT2D eigenvalue weighted by Gasteiger charge is 2.01. The molecular formula is C11H16N2O. The Kier molecular flexibility index (Phi) is 4.69. The zero-order valence-electron chi connectivity index (χ0n) is 8.49. The van der Waals surface area contributed by atoms with Crippen LogP contribution in [0.5, 0.6) is 0 Å².